The number of nitrogens with zero attached hydrogens (tertiary/aromatic N) is 5. The van der Waals surface area contributed by atoms with Gasteiger partial charge in [-0.25, -0.2) is 19.6 Å². The Balaban J connectivity index is 1.64. The fourth-order valence-electron chi connectivity index (χ4n) is 3.59. The van der Waals surface area contributed by atoms with Crippen LogP contribution in [-0.4, -0.2) is 30.6 Å². The molecule has 1 unspecified atom stereocenters. The van der Waals surface area contributed by atoms with Gasteiger partial charge in [0.25, 0.3) is 5.91 Å². The molecule has 2 aliphatic rings. The molecule has 0 aromatic carbocycles. The lowest BCUT2D eigenvalue weighted by molar-refractivity contribution is 0.0922. The van der Waals surface area contributed by atoms with E-state index < -0.39 is 0 Å². The molecule has 1 amide bonds. The number of nitrogens with one attached hydrogen (secondary N) is 1. The summed E-state index contributed by atoms with van der Waals surface area (Å²) in [6.45, 7) is 2.75. The monoisotopic (exact) mass is 341 g/mol. The summed E-state index contributed by atoms with van der Waals surface area (Å²) in [7, 11) is 0. The van der Waals surface area contributed by atoms with E-state index in [4.69, 9.17) is 5.73 Å². The number of hydrogen-bond donors (Lipinski definition) is 2. The van der Waals surface area contributed by atoms with E-state index in [1.807, 2.05) is 11.6 Å². The van der Waals surface area contributed by atoms with Crippen LogP contribution in [0.3, 0.4) is 0 Å². The van der Waals surface area contributed by atoms with Crippen LogP contribution in [0.2, 0.25) is 0 Å². The fourth-order valence-corrected chi connectivity index (χ4v) is 3.59. The normalized spacial score (nSPS) is 17.8. The highest BCUT2D eigenvalue weighted by atomic mass is 16.2. The zero-order valence-corrected chi connectivity index (χ0v) is 14.4. The summed E-state index contributed by atoms with van der Waals surface area (Å²) >= 11 is 0. The minimum atomic E-state index is -0.185. The molecule has 2 heterocycles. The Kier molecular flexibility index (Phi) is 4.10. The highest BCUT2D eigenvalue weighted by molar-refractivity contribution is 5.94. The van der Waals surface area contributed by atoms with Crippen molar-refractivity contribution in [2.75, 3.05) is 5.73 Å². The number of anilines is 1. The van der Waals surface area contributed by atoms with Crippen LogP contribution in [0.5, 0.6) is 0 Å². The summed E-state index contributed by atoms with van der Waals surface area (Å²) in [5.74, 6) is 1.21. The van der Waals surface area contributed by atoms with Gasteiger partial charge in [-0.05, 0) is 51.4 Å². The van der Waals surface area contributed by atoms with Crippen molar-refractivity contribution in [2.45, 2.75) is 58.0 Å². The number of aryl methyl sites for hydroxylation is 2. The minimum absolute atomic E-state index is 0.134. The molecule has 2 aromatic heterocycles. The Morgan fingerprint density at radius 3 is 2.92 bits per heavy atom. The highest BCUT2D eigenvalue weighted by Crippen LogP contribution is 2.40. The van der Waals surface area contributed by atoms with E-state index in [0.29, 0.717) is 11.6 Å². The maximum Gasteiger partial charge on any atom is 0.270 e. The lowest BCUT2D eigenvalue weighted by Gasteiger charge is -2.21. The standard InChI is InChI=1S/C17H23N7O/c1-2-24-15(19-9-20-24)13(10-7-8-10)22-16(25)14-11-5-3-4-6-12(11)21-17(18)23-14/h9-10,13H,2-8H2,1H3,(H,22,25)(H2,18,21,23). The first-order chi connectivity index (χ1) is 12.2. The smallest absolute Gasteiger partial charge is 0.270 e. The Morgan fingerprint density at radius 2 is 2.16 bits per heavy atom. The fraction of sp³-hybridized carbons (Fsp3) is 0.588. The average molecular weight is 341 g/mol. The molecule has 1 atom stereocenters. The van der Waals surface area contributed by atoms with Crippen molar-refractivity contribution in [3.8, 4) is 0 Å². The summed E-state index contributed by atoms with van der Waals surface area (Å²) in [5.41, 5.74) is 8.13. The summed E-state index contributed by atoms with van der Waals surface area (Å²) in [6.07, 6.45) is 7.55. The van der Waals surface area contributed by atoms with Gasteiger partial charge >= 0.3 is 0 Å². The van der Waals surface area contributed by atoms with Crippen molar-refractivity contribution >= 4 is 11.9 Å². The highest BCUT2D eigenvalue weighted by Gasteiger charge is 2.37. The number of amides is 1. The molecule has 8 nitrogen and oxygen atoms in total. The van der Waals surface area contributed by atoms with Gasteiger partial charge in [0.1, 0.15) is 17.8 Å². The Bertz CT molecular complexity index is 796. The lowest BCUT2D eigenvalue weighted by Crippen LogP contribution is -2.34. The van der Waals surface area contributed by atoms with E-state index in [-0.39, 0.29) is 17.9 Å². The number of nitrogen functional groups attached to an aromatic ring is 1. The van der Waals surface area contributed by atoms with E-state index in [1.54, 1.807) is 6.33 Å². The number of fused-ring (bicyclic) bond motifs is 1. The molecular formula is C17H23N7O. The topological polar surface area (TPSA) is 112 Å². The Hall–Kier alpha value is -2.51. The molecule has 2 aliphatic carbocycles. The van der Waals surface area contributed by atoms with Crippen molar-refractivity contribution in [1.82, 2.24) is 30.0 Å². The zero-order chi connectivity index (χ0) is 17.4. The molecule has 25 heavy (non-hydrogen) atoms. The number of aromatic nitrogens is 5. The van der Waals surface area contributed by atoms with Crippen LogP contribution in [-0.2, 0) is 19.4 Å². The second-order valence-corrected chi connectivity index (χ2v) is 6.79. The van der Waals surface area contributed by atoms with Crippen LogP contribution >= 0.6 is 0 Å². The number of hydrogen-bond acceptors (Lipinski definition) is 6. The summed E-state index contributed by atoms with van der Waals surface area (Å²) in [6, 6.07) is -0.134. The van der Waals surface area contributed by atoms with Crippen LogP contribution in [0.4, 0.5) is 5.95 Å². The number of carbonyl (C=O) groups is 1. The van der Waals surface area contributed by atoms with Crippen molar-refractivity contribution in [3.05, 3.63) is 29.1 Å². The molecule has 132 valence electrons. The van der Waals surface area contributed by atoms with Crippen molar-refractivity contribution in [3.63, 3.8) is 0 Å². The molecule has 0 radical (unpaired) electrons. The molecule has 2 aromatic rings. The van der Waals surface area contributed by atoms with Crippen LogP contribution in [0.15, 0.2) is 6.33 Å². The third kappa shape index (κ3) is 3.08. The predicted molar refractivity (Wildman–Crippen MR) is 91.7 cm³/mol. The molecule has 0 saturated heterocycles. The quantitative estimate of drug-likeness (QED) is 0.851. The van der Waals surface area contributed by atoms with Gasteiger partial charge in [-0.3, -0.25) is 4.79 Å². The molecule has 1 saturated carbocycles. The third-order valence-electron chi connectivity index (χ3n) is 5.02. The van der Waals surface area contributed by atoms with E-state index in [0.717, 1.165) is 62.2 Å². The SMILES string of the molecule is CCn1ncnc1C(NC(=O)c1nc(N)nc2c1CCCC2)C1CC1. The first-order valence-electron chi connectivity index (χ1n) is 9.01. The van der Waals surface area contributed by atoms with E-state index in [1.165, 1.54) is 0 Å². The summed E-state index contributed by atoms with van der Waals surface area (Å²) in [5, 5.41) is 7.38. The van der Waals surface area contributed by atoms with E-state index in [9.17, 15) is 4.79 Å². The average Bonchev–Trinajstić information content (AvgIpc) is 3.35. The van der Waals surface area contributed by atoms with Gasteiger partial charge < -0.3 is 11.1 Å². The molecule has 0 aliphatic heterocycles. The molecular weight excluding hydrogens is 318 g/mol. The Labute approximate surface area is 146 Å². The second kappa shape index (κ2) is 6.42. The number of nitrogens with two attached hydrogens (primary N) is 1. The van der Waals surface area contributed by atoms with Gasteiger partial charge in [0.05, 0.1) is 6.04 Å². The van der Waals surface area contributed by atoms with Gasteiger partial charge in [0.15, 0.2) is 0 Å². The lowest BCUT2D eigenvalue weighted by atomic mass is 9.94. The van der Waals surface area contributed by atoms with Gasteiger partial charge in [-0.1, -0.05) is 0 Å². The molecule has 4 rings (SSSR count). The molecule has 3 N–H and O–H groups in total. The van der Waals surface area contributed by atoms with Gasteiger partial charge in [-0.2, -0.15) is 5.10 Å². The number of carbonyl (C=O) groups excluding carboxylic acids is 1. The summed E-state index contributed by atoms with van der Waals surface area (Å²) in [4.78, 5) is 25.9. The van der Waals surface area contributed by atoms with E-state index in [2.05, 4.69) is 25.4 Å². The van der Waals surface area contributed by atoms with E-state index >= 15 is 0 Å². The molecule has 1 fully saturated rings. The second-order valence-electron chi connectivity index (χ2n) is 6.79. The third-order valence-corrected chi connectivity index (χ3v) is 5.02. The molecule has 8 heteroatoms. The van der Waals surface area contributed by atoms with Gasteiger partial charge in [0.2, 0.25) is 5.95 Å². The van der Waals surface area contributed by atoms with Crippen LogP contribution in [0.25, 0.3) is 0 Å². The maximum absolute atomic E-state index is 13.0. The predicted octanol–water partition coefficient (Wildman–Crippen LogP) is 1.43. The van der Waals surface area contributed by atoms with Crippen LogP contribution in [0, 0.1) is 5.92 Å². The molecule has 0 spiro atoms. The van der Waals surface area contributed by atoms with Gasteiger partial charge in [-0.15, -0.1) is 0 Å². The van der Waals surface area contributed by atoms with Crippen molar-refractivity contribution in [1.29, 1.82) is 0 Å². The maximum atomic E-state index is 13.0. The largest absolute Gasteiger partial charge is 0.368 e. The minimum Gasteiger partial charge on any atom is -0.368 e. The van der Waals surface area contributed by atoms with Crippen LogP contribution < -0.4 is 11.1 Å². The van der Waals surface area contributed by atoms with Gasteiger partial charge in [0, 0.05) is 17.8 Å². The van der Waals surface area contributed by atoms with Crippen LogP contribution in [0.1, 0.15) is 66.2 Å². The zero-order valence-electron chi connectivity index (χ0n) is 14.4. The number of rotatable bonds is 5. The first-order valence-corrected chi connectivity index (χ1v) is 9.01. The first kappa shape index (κ1) is 16.0. The Morgan fingerprint density at radius 1 is 1.36 bits per heavy atom. The molecule has 0 bridgehead atoms. The van der Waals surface area contributed by atoms with Crippen molar-refractivity contribution in [2.24, 2.45) is 5.92 Å². The summed E-state index contributed by atoms with van der Waals surface area (Å²) < 4.78 is 1.84. The van der Waals surface area contributed by atoms with Crippen molar-refractivity contribution < 1.29 is 4.79 Å².